The van der Waals surface area contributed by atoms with Crippen molar-refractivity contribution in [1.82, 2.24) is 9.47 Å². The number of aromatic nitrogens is 1. The minimum absolute atomic E-state index is 0.410. The second kappa shape index (κ2) is 5.39. The first kappa shape index (κ1) is 12.9. The second-order valence-corrected chi connectivity index (χ2v) is 5.99. The number of piperidine rings is 1. The zero-order chi connectivity index (χ0) is 12.4. The minimum atomic E-state index is -0.833. The van der Waals surface area contributed by atoms with Gasteiger partial charge in [0.2, 0.25) is 0 Å². The van der Waals surface area contributed by atoms with E-state index in [-0.39, 0.29) is 0 Å². The van der Waals surface area contributed by atoms with Crippen LogP contribution in [0.15, 0.2) is 12.3 Å². The van der Waals surface area contributed by atoms with Gasteiger partial charge in [0, 0.05) is 16.3 Å². The zero-order valence-corrected chi connectivity index (χ0v) is 12.1. The number of hydrogen-bond acceptors (Lipinski definition) is 2. The normalized spacial score (nSPS) is 18.5. The maximum absolute atomic E-state index is 11.1. The van der Waals surface area contributed by atoms with Crippen LogP contribution in [-0.2, 0) is 6.54 Å². The summed E-state index contributed by atoms with van der Waals surface area (Å²) >= 11 is 2.16. The van der Waals surface area contributed by atoms with Gasteiger partial charge in [-0.25, -0.2) is 4.79 Å². The molecule has 0 atom stereocenters. The Morgan fingerprint density at radius 3 is 2.76 bits per heavy atom. The van der Waals surface area contributed by atoms with Crippen molar-refractivity contribution in [2.24, 2.45) is 5.92 Å². The van der Waals surface area contributed by atoms with Crippen LogP contribution in [-0.4, -0.2) is 40.7 Å². The maximum atomic E-state index is 11.1. The highest BCUT2D eigenvalue weighted by Crippen LogP contribution is 2.20. The topological polar surface area (TPSA) is 45.5 Å². The molecule has 1 aliphatic heterocycles. The Kier molecular flexibility index (Phi) is 4.09. The number of aromatic carboxylic acids is 1. The monoisotopic (exact) mass is 348 g/mol. The van der Waals surface area contributed by atoms with Gasteiger partial charge >= 0.3 is 5.97 Å². The lowest BCUT2D eigenvalue weighted by molar-refractivity contribution is 0.0682. The SMILES string of the molecule is CN1CCC(Cn2cc(I)cc2C(=O)O)CC1. The number of likely N-dealkylation sites (tertiary alicyclic amines) is 1. The van der Waals surface area contributed by atoms with Crippen molar-refractivity contribution >= 4 is 28.6 Å². The Balaban J connectivity index is 2.05. The van der Waals surface area contributed by atoms with Crippen LogP contribution in [0.3, 0.4) is 0 Å². The summed E-state index contributed by atoms with van der Waals surface area (Å²) in [6.45, 7) is 3.06. The van der Waals surface area contributed by atoms with Crippen LogP contribution >= 0.6 is 22.6 Å². The van der Waals surface area contributed by atoms with E-state index in [4.69, 9.17) is 5.11 Å². The molecule has 2 heterocycles. The molecule has 0 spiro atoms. The maximum Gasteiger partial charge on any atom is 0.352 e. The van der Waals surface area contributed by atoms with E-state index in [9.17, 15) is 4.79 Å². The van der Waals surface area contributed by atoms with Gasteiger partial charge in [-0.15, -0.1) is 0 Å². The molecule has 0 saturated carbocycles. The Labute approximate surface area is 115 Å². The first-order valence-electron chi connectivity index (χ1n) is 5.84. The van der Waals surface area contributed by atoms with Gasteiger partial charge in [0.15, 0.2) is 0 Å². The van der Waals surface area contributed by atoms with Crippen LogP contribution in [0, 0.1) is 9.49 Å². The van der Waals surface area contributed by atoms with E-state index >= 15 is 0 Å². The van der Waals surface area contributed by atoms with Crippen LogP contribution in [0.4, 0.5) is 0 Å². The van der Waals surface area contributed by atoms with E-state index in [0.717, 1.165) is 36.0 Å². The largest absolute Gasteiger partial charge is 0.477 e. The van der Waals surface area contributed by atoms with Gasteiger partial charge < -0.3 is 14.6 Å². The third kappa shape index (κ3) is 3.22. The van der Waals surface area contributed by atoms with Crippen LogP contribution in [0.5, 0.6) is 0 Å². The summed E-state index contributed by atoms with van der Waals surface area (Å²) in [7, 11) is 2.14. The third-order valence-electron chi connectivity index (χ3n) is 3.38. The summed E-state index contributed by atoms with van der Waals surface area (Å²) in [4.78, 5) is 13.4. The highest BCUT2D eigenvalue weighted by Gasteiger charge is 2.19. The Morgan fingerprint density at radius 1 is 1.53 bits per heavy atom. The zero-order valence-electron chi connectivity index (χ0n) is 9.90. The number of nitrogens with zero attached hydrogens (tertiary/aromatic N) is 2. The highest BCUT2D eigenvalue weighted by atomic mass is 127. The van der Waals surface area contributed by atoms with Crippen LogP contribution in [0.25, 0.3) is 0 Å². The number of carboxylic acids is 1. The van der Waals surface area contributed by atoms with Gasteiger partial charge in [0.05, 0.1) is 0 Å². The number of rotatable bonds is 3. The van der Waals surface area contributed by atoms with Gasteiger partial charge in [-0.1, -0.05) is 0 Å². The molecule has 1 saturated heterocycles. The predicted molar refractivity (Wildman–Crippen MR) is 74.3 cm³/mol. The first-order valence-corrected chi connectivity index (χ1v) is 6.91. The Morgan fingerprint density at radius 2 is 2.18 bits per heavy atom. The van der Waals surface area contributed by atoms with Crippen LogP contribution in [0.2, 0.25) is 0 Å². The van der Waals surface area contributed by atoms with Gasteiger partial charge in [-0.05, 0) is 67.6 Å². The molecule has 0 radical (unpaired) electrons. The molecule has 0 aromatic carbocycles. The molecule has 1 N–H and O–H groups in total. The van der Waals surface area contributed by atoms with Gasteiger partial charge in [-0.2, -0.15) is 0 Å². The summed E-state index contributed by atoms with van der Waals surface area (Å²) in [5, 5.41) is 9.12. The van der Waals surface area contributed by atoms with E-state index in [0.29, 0.717) is 11.6 Å². The van der Waals surface area contributed by atoms with Crippen molar-refractivity contribution in [2.45, 2.75) is 19.4 Å². The Hall–Kier alpha value is -0.560. The van der Waals surface area contributed by atoms with E-state index in [1.54, 1.807) is 6.07 Å². The average Bonchev–Trinajstić information content (AvgIpc) is 2.63. The summed E-state index contributed by atoms with van der Waals surface area (Å²) in [6, 6.07) is 1.73. The smallest absolute Gasteiger partial charge is 0.352 e. The Bertz CT molecular complexity index is 409. The first-order chi connectivity index (χ1) is 8.06. The fraction of sp³-hybridized carbons (Fsp3) is 0.583. The highest BCUT2D eigenvalue weighted by molar-refractivity contribution is 14.1. The van der Waals surface area contributed by atoms with Crippen molar-refractivity contribution in [3.05, 3.63) is 21.5 Å². The molecule has 4 nitrogen and oxygen atoms in total. The lowest BCUT2D eigenvalue weighted by atomic mass is 9.97. The van der Waals surface area contributed by atoms with E-state index in [2.05, 4.69) is 34.5 Å². The molecule has 0 unspecified atom stereocenters. The lowest BCUT2D eigenvalue weighted by Gasteiger charge is -2.29. The fourth-order valence-corrected chi connectivity index (χ4v) is 2.96. The molecule has 1 aromatic rings. The molecular formula is C12H17IN2O2. The van der Waals surface area contributed by atoms with Crippen molar-refractivity contribution in [2.75, 3.05) is 20.1 Å². The molecule has 17 heavy (non-hydrogen) atoms. The van der Waals surface area contributed by atoms with Crippen molar-refractivity contribution in [1.29, 1.82) is 0 Å². The molecule has 2 rings (SSSR count). The molecule has 0 amide bonds. The summed E-state index contributed by atoms with van der Waals surface area (Å²) in [6.07, 6.45) is 4.25. The predicted octanol–water partition coefficient (Wildman–Crippen LogP) is 2.13. The molecule has 1 fully saturated rings. The molecule has 1 aliphatic rings. The van der Waals surface area contributed by atoms with Crippen molar-refractivity contribution in [3.63, 3.8) is 0 Å². The van der Waals surface area contributed by atoms with Gasteiger partial charge in [0.25, 0.3) is 0 Å². The number of halogens is 1. The number of hydrogen-bond donors (Lipinski definition) is 1. The molecule has 1 aromatic heterocycles. The van der Waals surface area contributed by atoms with Gasteiger partial charge in [-0.3, -0.25) is 0 Å². The van der Waals surface area contributed by atoms with Gasteiger partial charge in [0.1, 0.15) is 5.69 Å². The molecular weight excluding hydrogens is 331 g/mol. The third-order valence-corrected chi connectivity index (χ3v) is 3.97. The minimum Gasteiger partial charge on any atom is -0.477 e. The molecule has 94 valence electrons. The summed E-state index contributed by atoms with van der Waals surface area (Å²) in [5.41, 5.74) is 0.410. The van der Waals surface area contributed by atoms with Crippen LogP contribution in [0.1, 0.15) is 23.3 Å². The molecule has 0 bridgehead atoms. The van der Waals surface area contributed by atoms with E-state index < -0.39 is 5.97 Å². The number of carboxylic acid groups (broad SMARTS) is 1. The summed E-state index contributed by atoms with van der Waals surface area (Å²) in [5.74, 6) is -0.228. The second-order valence-electron chi connectivity index (χ2n) is 4.75. The van der Waals surface area contributed by atoms with Crippen molar-refractivity contribution in [3.8, 4) is 0 Å². The quantitative estimate of drug-likeness (QED) is 0.852. The standard InChI is InChI=1S/C12H17IN2O2/c1-14-4-2-9(3-5-14)7-15-8-10(13)6-11(15)12(16)17/h6,8-9H,2-5,7H2,1H3,(H,16,17). The fourth-order valence-electron chi connectivity index (χ4n) is 2.33. The number of carbonyl (C=O) groups is 1. The van der Waals surface area contributed by atoms with E-state index in [1.807, 2.05) is 10.8 Å². The molecule has 0 aliphatic carbocycles. The van der Waals surface area contributed by atoms with Crippen LogP contribution < -0.4 is 0 Å². The summed E-state index contributed by atoms with van der Waals surface area (Å²) < 4.78 is 2.88. The van der Waals surface area contributed by atoms with E-state index in [1.165, 1.54) is 0 Å². The average molecular weight is 348 g/mol. The molecule has 5 heteroatoms. The lowest BCUT2D eigenvalue weighted by Crippen LogP contribution is -2.32. The van der Waals surface area contributed by atoms with Crippen molar-refractivity contribution < 1.29 is 9.90 Å².